The molecule has 1 aliphatic heterocycles. The summed E-state index contributed by atoms with van der Waals surface area (Å²) in [6.07, 6.45) is 3.51. The summed E-state index contributed by atoms with van der Waals surface area (Å²) in [7, 11) is 1.85. The molecule has 1 rings (SSSR count). The van der Waals surface area contributed by atoms with Crippen LogP contribution in [0.2, 0.25) is 0 Å². The lowest BCUT2D eigenvalue weighted by atomic mass is 9.77. The molecule has 1 atom stereocenters. The molecule has 1 fully saturated rings. The van der Waals surface area contributed by atoms with E-state index in [4.69, 9.17) is 0 Å². The normalized spacial score (nSPS) is 22.8. The zero-order valence-corrected chi connectivity index (χ0v) is 13.0. The minimum absolute atomic E-state index is 0.236. The van der Waals surface area contributed by atoms with Crippen LogP contribution in [0.5, 0.6) is 0 Å². The Labute approximate surface area is 112 Å². The Kier molecular flexibility index (Phi) is 4.82. The van der Waals surface area contributed by atoms with Crippen molar-refractivity contribution in [3.05, 3.63) is 0 Å². The Hall–Kier alpha value is -0.570. The molecular weight excluding hydrogens is 224 g/mol. The molecule has 0 spiro atoms. The largest absolute Gasteiger partial charge is 0.341 e. The molecular formula is C15H30N2O. The lowest BCUT2D eigenvalue weighted by molar-refractivity contribution is -0.136. The summed E-state index contributed by atoms with van der Waals surface area (Å²) in [6, 6.07) is 0. The minimum Gasteiger partial charge on any atom is -0.341 e. The number of likely N-dealkylation sites (tertiary alicyclic amines) is 1. The number of hydrogen-bond acceptors (Lipinski definition) is 2. The number of nitrogens with one attached hydrogen (secondary N) is 1. The van der Waals surface area contributed by atoms with Gasteiger partial charge in [0.1, 0.15) is 0 Å². The second-order valence-electron chi connectivity index (χ2n) is 7.16. The Morgan fingerprint density at radius 1 is 1.11 bits per heavy atom. The van der Waals surface area contributed by atoms with Crippen LogP contribution in [-0.2, 0) is 4.79 Å². The third-order valence-corrected chi connectivity index (χ3v) is 4.40. The quantitative estimate of drug-likeness (QED) is 0.821. The monoisotopic (exact) mass is 254 g/mol. The van der Waals surface area contributed by atoms with Crippen LogP contribution in [0.1, 0.15) is 53.9 Å². The lowest BCUT2D eigenvalue weighted by Gasteiger charge is -2.32. The van der Waals surface area contributed by atoms with Crippen LogP contribution in [-0.4, -0.2) is 36.5 Å². The van der Waals surface area contributed by atoms with Crippen LogP contribution in [0.15, 0.2) is 0 Å². The highest BCUT2D eigenvalue weighted by molar-refractivity contribution is 5.85. The molecule has 0 bridgehead atoms. The second-order valence-corrected chi connectivity index (χ2v) is 7.16. The van der Waals surface area contributed by atoms with Gasteiger partial charge in [-0.15, -0.1) is 0 Å². The highest BCUT2D eigenvalue weighted by atomic mass is 16.2. The first kappa shape index (κ1) is 15.5. The van der Waals surface area contributed by atoms with E-state index in [0.29, 0.717) is 5.41 Å². The van der Waals surface area contributed by atoms with Crippen molar-refractivity contribution in [1.82, 2.24) is 10.2 Å². The van der Waals surface area contributed by atoms with E-state index in [1.165, 1.54) is 6.42 Å². The predicted molar refractivity (Wildman–Crippen MR) is 76.5 cm³/mol. The molecule has 0 aromatic carbocycles. The number of hydrogen-bond donors (Lipinski definition) is 1. The zero-order chi connectivity index (χ0) is 14.0. The molecule has 1 unspecified atom stereocenters. The number of nitrogens with zero attached hydrogens (tertiary/aromatic N) is 1. The fourth-order valence-corrected chi connectivity index (χ4v) is 2.67. The SMILES string of the molecule is CNC(C)(C)C(=O)N1CCCC(C(C)(C)C)CC1. The molecule has 0 saturated carbocycles. The van der Waals surface area contributed by atoms with Crippen molar-refractivity contribution >= 4 is 5.91 Å². The summed E-state index contributed by atoms with van der Waals surface area (Å²) in [5, 5.41) is 3.11. The average molecular weight is 254 g/mol. The molecule has 1 N–H and O–H groups in total. The summed E-state index contributed by atoms with van der Waals surface area (Å²) >= 11 is 0. The minimum atomic E-state index is -0.443. The molecule has 1 heterocycles. The highest BCUT2D eigenvalue weighted by Gasteiger charge is 2.33. The van der Waals surface area contributed by atoms with Crippen LogP contribution in [0.4, 0.5) is 0 Å². The number of rotatable bonds is 2. The van der Waals surface area contributed by atoms with Gasteiger partial charge < -0.3 is 10.2 Å². The average Bonchev–Trinajstić information content (AvgIpc) is 2.52. The first-order chi connectivity index (χ1) is 8.18. The van der Waals surface area contributed by atoms with Gasteiger partial charge >= 0.3 is 0 Å². The molecule has 0 aromatic heterocycles. The third-order valence-electron chi connectivity index (χ3n) is 4.40. The molecule has 0 aliphatic carbocycles. The maximum Gasteiger partial charge on any atom is 0.242 e. The first-order valence-corrected chi connectivity index (χ1v) is 7.17. The van der Waals surface area contributed by atoms with Gasteiger partial charge in [-0.05, 0) is 51.5 Å². The van der Waals surface area contributed by atoms with Gasteiger partial charge in [0, 0.05) is 13.1 Å². The van der Waals surface area contributed by atoms with Gasteiger partial charge in [-0.3, -0.25) is 4.79 Å². The predicted octanol–water partition coefficient (Wildman–Crippen LogP) is 2.66. The van der Waals surface area contributed by atoms with E-state index in [2.05, 4.69) is 26.1 Å². The van der Waals surface area contributed by atoms with Gasteiger partial charge in [0.25, 0.3) is 0 Å². The van der Waals surface area contributed by atoms with Crippen molar-refractivity contribution in [3.63, 3.8) is 0 Å². The molecule has 3 heteroatoms. The van der Waals surface area contributed by atoms with Crippen LogP contribution in [0.25, 0.3) is 0 Å². The van der Waals surface area contributed by atoms with Crippen LogP contribution in [0.3, 0.4) is 0 Å². The fourth-order valence-electron chi connectivity index (χ4n) is 2.67. The second kappa shape index (κ2) is 5.60. The molecule has 1 aliphatic rings. The van der Waals surface area contributed by atoms with E-state index in [-0.39, 0.29) is 5.91 Å². The molecule has 106 valence electrons. The Morgan fingerprint density at radius 3 is 2.22 bits per heavy atom. The summed E-state index contributed by atoms with van der Waals surface area (Å²) in [5.41, 5.74) is -0.0842. The zero-order valence-electron chi connectivity index (χ0n) is 13.0. The maximum atomic E-state index is 12.4. The molecule has 0 radical (unpaired) electrons. The van der Waals surface area contributed by atoms with Crippen molar-refractivity contribution < 1.29 is 4.79 Å². The van der Waals surface area contributed by atoms with Crippen LogP contribution < -0.4 is 5.32 Å². The van der Waals surface area contributed by atoms with Crippen molar-refractivity contribution in [3.8, 4) is 0 Å². The van der Waals surface area contributed by atoms with Crippen molar-refractivity contribution in [2.24, 2.45) is 11.3 Å². The third kappa shape index (κ3) is 3.71. The van der Waals surface area contributed by atoms with Gasteiger partial charge in [0.15, 0.2) is 0 Å². The van der Waals surface area contributed by atoms with Gasteiger partial charge in [-0.2, -0.15) is 0 Å². The number of carbonyl (C=O) groups excluding carboxylic acids is 1. The molecule has 3 nitrogen and oxygen atoms in total. The number of likely N-dealkylation sites (N-methyl/N-ethyl adjacent to an activating group) is 1. The van der Waals surface area contributed by atoms with Gasteiger partial charge in [0.05, 0.1) is 5.54 Å². The van der Waals surface area contributed by atoms with E-state index in [9.17, 15) is 4.79 Å². The van der Waals surface area contributed by atoms with Crippen molar-refractivity contribution in [1.29, 1.82) is 0 Å². The van der Waals surface area contributed by atoms with Gasteiger partial charge in [-0.1, -0.05) is 20.8 Å². The summed E-state index contributed by atoms with van der Waals surface area (Å²) in [4.78, 5) is 14.5. The maximum absolute atomic E-state index is 12.4. The van der Waals surface area contributed by atoms with Gasteiger partial charge in [0.2, 0.25) is 5.91 Å². The topological polar surface area (TPSA) is 32.3 Å². The Bertz CT molecular complexity index is 291. The fraction of sp³-hybridized carbons (Fsp3) is 0.933. The number of amides is 1. The summed E-state index contributed by atoms with van der Waals surface area (Å²) in [6.45, 7) is 12.7. The Balaban J connectivity index is 2.65. The first-order valence-electron chi connectivity index (χ1n) is 7.17. The summed E-state index contributed by atoms with van der Waals surface area (Å²) in [5.74, 6) is 0.965. The van der Waals surface area contributed by atoms with E-state index in [1.807, 2.05) is 25.8 Å². The standard InChI is InChI=1S/C15H30N2O/c1-14(2,3)12-8-7-10-17(11-9-12)13(18)15(4,5)16-6/h12,16H,7-11H2,1-6H3. The van der Waals surface area contributed by atoms with E-state index < -0.39 is 5.54 Å². The smallest absolute Gasteiger partial charge is 0.242 e. The van der Waals surface area contributed by atoms with E-state index in [1.54, 1.807) is 0 Å². The lowest BCUT2D eigenvalue weighted by Crippen LogP contribution is -2.53. The van der Waals surface area contributed by atoms with Crippen LogP contribution >= 0.6 is 0 Å². The van der Waals surface area contributed by atoms with E-state index >= 15 is 0 Å². The number of carbonyl (C=O) groups is 1. The molecule has 1 amide bonds. The Morgan fingerprint density at radius 2 is 1.72 bits per heavy atom. The van der Waals surface area contributed by atoms with Crippen molar-refractivity contribution in [2.45, 2.75) is 59.4 Å². The summed E-state index contributed by atoms with van der Waals surface area (Å²) < 4.78 is 0. The van der Waals surface area contributed by atoms with Crippen LogP contribution in [0, 0.1) is 11.3 Å². The highest BCUT2D eigenvalue weighted by Crippen LogP contribution is 2.34. The van der Waals surface area contributed by atoms with Gasteiger partial charge in [-0.25, -0.2) is 0 Å². The molecule has 0 aromatic rings. The molecule has 1 saturated heterocycles. The molecule has 18 heavy (non-hydrogen) atoms. The van der Waals surface area contributed by atoms with E-state index in [0.717, 1.165) is 31.8 Å². The van der Waals surface area contributed by atoms with Crippen molar-refractivity contribution in [2.75, 3.05) is 20.1 Å².